The molecule has 0 bridgehead atoms. The minimum atomic E-state index is -0.137. The van der Waals surface area contributed by atoms with Crippen molar-refractivity contribution >= 4 is 29.1 Å². The van der Waals surface area contributed by atoms with Crippen LogP contribution < -0.4 is 5.32 Å². The molecule has 0 saturated heterocycles. The minimum Gasteiger partial charge on any atom is -0.324 e. The number of nitrogens with one attached hydrogen (secondary N) is 1. The van der Waals surface area contributed by atoms with Crippen molar-refractivity contribution in [2.45, 2.75) is 23.5 Å². The van der Waals surface area contributed by atoms with E-state index in [0.29, 0.717) is 11.3 Å². The minimum absolute atomic E-state index is 0.0479. The predicted octanol–water partition coefficient (Wildman–Crippen LogP) is 3.54. The van der Waals surface area contributed by atoms with Crippen molar-refractivity contribution in [1.29, 1.82) is 0 Å². The van der Waals surface area contributed by atoms with E-state index in [9.17, 15) is 9.59 Å². The first-order valence-corrected chi connectivity index (χ1v) is 7.68. The number of carbonyl (C=O) groups excluding carboxylic acids is 2. The molecule has 21 heavy (non-hydrogen) atoms. The smallest absolute Gasteiger partial charge is 0.238 e. The van der Waals surface area contributed by atoms with Crippen LogP contribution in [0.5, 0.6) is 0 Å². The maximum absolute atomic E-state index is 12.4. The predicted molar refractivity (Wildman–Crippen MR) is 84.9 cm³/mol. The zero-order valence-corrected chi connectivity index (χ0v) is 12.4. The Balaban J connectivity index is 1.76. The molecule has 0 aliphatic carbocycles. The molecule has 2 aromatic rings. The lowest BCUT2D eigenvalue weighted by molar-refractivity contribution is -0.115. The molecule has 0 fully saturated rings. The van der Waals surface area contributed by atoms with Crippen LogP contribution in [0.15, 0.2) is 53.4 Å². The Bertz CT molecular complexity index is 686. The third-order valence-electron chi connectivity index (χ3n) is 3.50. The van der Waals surface area contributed by atoms with Crippen molar-refractivity contribution in [2.75, 3.05) is 5.32 Å². The molecule has 1 unspecified atom stereocenters. The summed E-state index contributed by atoms with van der Waals surface area (Å²) < 4.78 is 0. The Hall–Kier alpha value is -2.07. The van der Waals surface area contributed by atoms with E-state index in [0.717, 1.165) is 11.3 Å². The fourth-order valence-electron chi connectivity index (χ4n) is 2.44. The zero-order chi connectivity index (χ0) is 14.8. The summed E-state index contributed by atoms with van der Waals surface area (Å²) in [7, 11) is 0. The molecule has 1 atom stereocenters. The Morgan fingerprint density at radius 3 is 2.57 bits per heavy atom. The number of para-hydroxylation sites is 1. The van der Waals surface area contributed by atoms with Gasteiger partial charge in [-0.1, -0.05) is 30.3 Å². The molecule has 0 radical (unpaired) electrons. The monoisotopic (exact) mass is 297 g/mol. The number of thioether (sulfide) groups is 1. The Morgan fingerprint density at radius 2 is 1.81 bits per heavy atom. The summed E-state index contributed by atoms with van der Waals surface area (Å²) in [6.07, 6.45) is 0.731. The van der Waals surface area contributed by atoms with Crippen molar-refractivity contribution < 1.29 is 9.59 Å². The van der Waals surface area contributed by atoms with Gasteiger partial charge in [0.2, 0.25) is 5.91 Å². The van der Waals surface area contributed by atoms with E-state index in [1.165, 1.54) is 12.5 Å². The zero-order valence-electron chi connectivity index (χ0n) is 11.6. The van der Waals surface area contributed by atoms with Crippen molar-refractivity contribution in [3.8, 4) is 0 Å². The van der Waals surface area contributed by atoms with Gasteiger partial charge in [0.25, 0.3) is 0 Å². The third kappa shape index (κ3) is 2.85. The van der Waals surface area contributed by atoms with E-state index >= 15 is 0 Å². The lowest BCUT2D eigenvalue weighted by Gasteiger charge is -2.12. The number of hydrogen-bond donors (Lipinski definition) is 1. The molecule has 0 spiro atoms. The number of hydrogen-bond acceptors (Lipinski definition) is 3. The second-order valence-corrected chi connectivity index (χ2v) is 6.25. The summed E-state index contributed by atoms with van der Waals surface area (Å²) >= 11 is 1.58. The standard InChI is InChI=1S/C17H15NO2S/c1-11(19)13-7-3-4-8-14(13)18-17(20)16-10-12-6-2-5-9-15(12)21-16/h2-9,16H,10H2,1H3,(H,18,20). The van der Waals surface area contributed by atoms with Gasteiger partial charge in [0, 0.05) is 10.5 Å². The molecule has 1 aliphatic rings. The van der Waals surface area contributed by atoms with Crippen LogP contribution in [0, 0.1) is 0 Å². The summed E-state index contributed by atoms with van der Waals surface area (Å²) in [5.41, 5.74) is 2.35. The van der Waals surface area contributed by atoms with Crippen molar-refractivity contribution in [1.82, 2.24) is 0 Å². The average Bonchev–Trinajstić information content (AvgIpc) is 2.91. The van der Waals surface area contributed by atoms with Crippen LogP contribution in [0.2, 0.25) is 0 Å². The fourth-order valence-corrected chi connectivity index (χ4v) is 3.64. The SMILES string of the molecule is CC(=O)c1ccccc1NC(=O)C1Cc2ccccc2S1. The first kappa shape index (κ1) is 13.9. The summed E-state index contributed by atoms with van der Waals surface area (Å²) in [6, 6.07) is 15.2. The Morgan fingerprint density at radius 1 is 1.10 bits per heavy atom. The Labute approximate surface area is 127 Å². The first-order valence-electron chi connectivity index (χ1n) is 6.80. The van der Waals surface area contributed by atoms with Crippen LogP contribution in [-0.4, -0.2) is 16.9 Å². The van der Waals surface area contributed by atoms with Crippen molar-refractivity contribution in [3.05, 3.63) is 59.7 Å². The average molecular weight is 297 g/mol. The van der Waals surface area contributed by atoms with E-state index in [2.05, 4.69) is 11.4 Å². The topological polar surface area (TPSA) is 46.2 Å². The van der Waals surface area contributed by atoms with Gasteiger partial charge < -0.3 is 5.32 Å². The van der Waals surface area contributed by atoms with Gasteiger partial charge in [0.1, 0.15) is 0 Å². The summed E-state index contributed by atoms with van der Waals surface area (Å²) in [5, 5.41) is 2.75. The van der Waals surface area contributed by atoms with E-state index in [1.807, 2.05) is 24.3 Å². The maximum Gasteiger partial charge on any atom is 0.238 e. The second kappa shape index (κ2) is 5.74. The molecule has 106 valence electrons. The molecule has 3 nitrogen and oxygen atoms in total. The molecule has 1 aliphatic heterocycles. The number of benzene rings is 2. The van der Waals surface area contributed by atoms with Crippen LogP contribution in [0.25, 0.3) is 0 Å². The van der Waals surface area contributed by atoms with Gasteiger partial charge in [0.05, 0.1) is 10.9 Å². The molecule has 4 heteroatoms. The van der Waals surface area contributed by atoms with Gasteiger partial charge in [-0.05, 0) is 37.1 Å². The number of carbonyl (C=O) groups is 2. The van der Waals surface area contributed by atoms with Crippen LogP contribution in [0.4, 0.5) is 5.69 Å². The number of fused-ring (bicyclic) bond motifs is 1. The molecule has 0 aromatic heterocycles. The van der Waals surface area contributed by atoms with E-state index < -0.39 is 0 Å². The third-order valence-corrected chi connectivity index (χ3v) is 4.82. The molecule has 0 saturated carbocycles. The van der Waals surface area contributed by atoms with E-state index in [-0.39, 0.29) is 16.9 Å². The molecule has 2 aromatic carbocycles. The second-order valence-electron chi connectivity index (χ2n) is 5.01. The number of ketones is 1. The van der Waals surface area contributed by atoms with E-state index in [4.69, 9.17) is 0 Å². The molecular weight excluding hydrogens is 282 g/mol. The summed E-state index contributed by atoms with van der Waals surface area (Å²) in [6.45, 7) is 1.51. The highest BCUT2D eigenvalue weighted by Crippen LogP contribution is 2.37. The molecular formula is C17H15NO2S. The van der Waals surface area contributed by atoms with Gasteiger partial charge in [-0.2, -0.15) is 0 Å². The molecule has 1 N–H and O–H groups in total. The van der Waals surface area contributed by atoms with Crippen LogP contribution in [-0.2, 0) is 11.2 Å². The number of rotatable bonds is 3. The lowest BCUT2D eigenvalue weighted by atomic mass is 10.1. The van der Waals surface area contributed by atoms with Crippen LogP contribution in [0.3, 0.4) is 0 Å². The summed E-state index contributed by atoms with van der Waals surface area (Å²) in [5.74, 6) is -0.0989. The van der Waals surface area contributed by atoms with Crippen molar-refractivity contribution in [3.63, 3.8) is 0 Å². The molecule has 1 heterocycles. The molecule has 3 rings (SSSR count). The first-order chi connectivity index (χ1) is 10.1. The van der Waals surface area contributed by atoms with Gasteiger partial charge in [0.15, 0.2) is 5.78 Å². The van der Waals surface area contributed by atoms with Gasteiger partial charge in [-0.3, -0.25) is 9.59 Å². The van der Waals surface area contributed by atoms with Crippen LogP contribution in [0.1, 0.15) is 22.8 Å². The highest BCUT2D eigenvalue weighted by molar-refractivity contribution is 8.01. The quantitative estimate of drug-likeness (QED) is 0.881. The molecule has 1 amide bonds. The highest BCUT2D eigenvalue weighted by Gasteiger charge is 2.28. The lowest BCUT2D eigenvalue weighted by Crippen LogP contribution is -2.25. The Kier molecular flexibility index (Phi) is 3.80. The number of amides is 1. The van der Waals surface area contributed by atoms with Gasteiger partial charge >= 0.3 is 0 Å². The highest BCUT2D eigenvalue weighted by atomic mass is 32.2. The number of Topliss-reactive ketones (excluding diaryl/α,β-unsaturated/α-hetero) is 1. The van der Waals surface area contributed by atoms with E-state index in [1.54, 1.807) is 30.0 Å². The fraction of sp³-hybridized carbons (Fsp3) is 0.176. The van der Waals surface area contributed by atoms with Gasteiger partial charge in [-0.25, -0.2) is 0 Å². The largest absolute Gasteiger partial charge is 0.324 e. The number of anilines is 1. The summed E-state index contributed by atoms with van der Waals surface area (Å²) in [4.78, 5) is 25.2. The maximum atomic E-state index is 12.4. The van der Waals surface area contributed by atoms with Gasteiger partial charge in [-0.15, -0.1) is 11.8 Å². The van der Waals surface area contributed by atoms with Crippen LogP contribution >= 0.6 is 11.8 Å². The van der Waals surface area contributed by atoms with Crippen molar-refractivity contribution in [2.24, 2.45) is 0 Å². The normalized spacial score (nSPS) is 16.3.